The average molecular weight is 723 g/mol. The number of phenolic OH excluding ortho intramolecular Hbond substituents is 1. The van der Waals surface area contributed by atoms with Gasteiger partial charge in [0, 0.05) is 67.2 Å². The maximum atomic E-state index is 12.9. The highest BCUT2D eigenvalue weighted by Crippen LogP contribution is 2.36. The number of aromatic nitrogens is 4. The molecule has 2 saturated heterocycles. The number of aromatic hydroxyl groups is 1. The smallest absolute Gasteiger partial charge is 0.249 e. The van der Waals surface area contributed by atoms with Crippen LogP contribution in [0.3, 0.4) is 0 Å². The van der Waals surface area contributed by atoms with Gasteiger partial charge in [0.2, 0.25) is 11.8 Å². The van der Waals surface area contributed by atoms with Gasteiger partial charge in [-0.3, -0.25) is 19.8 Å². The van der Waals surface area contributed by atoms with Gasteiger partial charge in [-0.05, 0) is 79.3 Å². The molecule has 8 rings (SSSR count). The van der Waals surface area contributed by atoms with Gasteiger partial charge in [-0.1, -0.05) is 67.4 Å². The molecule has 0 aliphatic carbocycles. The number of carbonyl (C=O) groups is 2. The Labute approximate surface area is 314 Å². The van der Waals surface area contributed by atoms with Gasteiger partial charge in [0.1, 0.15) is 17.4 Å². The van der Waals surface area contributed by atoms with E-state index in [9.17, 15) is 14.7 Å². The predicted octanol–water partition coefficient (Wildman–Crippen LogP) is 6.50. The van der Waals surface area contributed by atoms with Gasteiger partial charge in [0.25, 0.3) is 0 Å². The minimum Gasteiger partial charge on any atom is -0.507 e. The highest BCUT2D eigenvalue weighted by atomic mass is 16.3. The number of hydrogen-bond acceptors (Lipinski definition) is 9. The summed E-state index contributed by atoms with van der Waals surface area (Å²) in [6.07, 6.45) is 8.32. The quantitative estimate of drug-likeness (QED) is 0.0953. The summed E-state index contributed by atoms with van der Waals surface area (Å²) in [5.74, 6) is 0.0666. The van der Waals surface area contributed by atoms with Crippen LogP contribution in [0.2, 0.25) is 0 Å². The molecular formula is C43H46N8O3. The van der Waals surface area contributed by atoms with E-state index in [-0.39, 0.29) is 17.6 Å². The molecule has 1 unspecified atom stereocenters. The number of aryl methyl sites for hydroxylation is 1. The number of unbranched alkanes of at least 4 members (excludes halogenated alkanes) is 3. The van der Waals surface area contributed by atoms with Crippen molar-refractivity contribution < 1.29 is 14.7 Å². The number of hydrogen-bond donors (Lipinski definition) is 3. The number of benzene rings is 3. The first-order valence-electron chi connectivity index (χ1n) is 19.1. The second-order valence-electron chi connectivity index (χ2n) is 14.5. The number of nitrogen functional groups attached to an aromatic ring is 1. The van der Waals surface area contributed by atoms with Crippen molar-refractivity contribution in [3.05, 3.63) is 102 Å². The summed E-state index contributed by atoms with van der Waals surface area (Å²) < 4.78 is 2.04. The van der Waals surface area contributed by atoms with Gasteiger partial charge in [-0.15, -0.1) is 10.2 Å². The van der Waals surface area contributed by atoms with Crippen LogP contribution in [0.1, 0.15) is 55.7 Å². The number of nitrogens with zero attached hydrogens (tertiary/aromatic N) is 6. The fourth-order valence-electron chi connectivity index (χ4n) is 8.10. The van der Waals surface area contributed by atoms with Gasteiger partial charge in [-0.25, -0.2) is 4.98 Å². The molecule has 2 aliphatic rings. The van der Waals surface area contributed by atoms with Crippen molar-refractivity contribution in [2.45, 2.75) is 57.5 Å². The standard InChI is InChI=1S/C43H46N8O3/c44-41-34(27-35(47-48-41)32-10-5-7-13-38(32)52)30-16-14-29(15-17-30)28-50-25-23-49(24-26-50)22-8-2-1-3-9-31-20-21-45-42-40(31)33-11-4-6-12-36(33)51(42)37-18-19-39(53)46-43(37)54/h4-7,10-17,20-21,27,37,52H,1-3,8-9,18-19,22-26,28H2,(H2,44,48)(H,46,53,54). The van der Waals surface area contributed by atoms with E-state index in [4.69, 9.17) is 10.7 Å². The van der Waals surface area contributed by atoms with Gasteiger partial charge in [-0.2, -0.15) is 0 Å². The summed E-state index contributed by atoms with van der Waals surface area (Å²) in [5, 5.41) is 23.4. The average Bonchev–Trinajstić information content (AvgIpc) is 3.52. The third kappa shape index (κ3) is 7.42. The fourth-order valence-corrected chi connectivity index (χ4v) is 8.10. The minimum absolute atomic E-state index is 0.161. The lowest BCUT2D eigenvalue weighted by molar-refractivity contribution is -0.135. The monoisotopic (exact) mass is 722 g/mol. The maximum Gasteiger partial charge on any atom is 0.249 e. The number of nitrogens with two attached hydrogens (primary N) is 1. The number of piperazine rings is 1. The summed E-state index contributed by atoms with van der Waals surface area (Å²) in [7, 11) is 0. The number of carbonyl (C=O) groups excluding carboxylic acids is 2. The number of pyridine rings is 1. The number of para-hydroxylation sites is 2. The Bertz CT molecular complexity index is 2290. The van der Waals surface area contributed by atoms with Crippen LogP contribution in [-0.4, -0.2) is 79.2 Å². The van der Waals surface area contributed by atoms with Crippen molar-refractivity contribution >= 4 is 39.6 Å². The van der Waals surface area contributed by atoms with Crippen LogP contribution in [0.5, 0.6) is 5.75 Å². The molecule has 0 spiro atoms. The third-order valence-corrected chi connectivity index (χ3v) is 11.0. The Kier molecular flexibility index (Phi) is 10.3. The lowest BCUT2D eigenvalue weighted by atomic mass is 10.0. The summed E-state index contributed by atoms with van der Waals surface area (Å²) >= 11 is 0. The van der Waals surface area contributed by atoms with Crippen molar-refractivity contribution in [2.24, 2.45) is 0 Å². The first-order valence-corrected chi connectivity index (χ1v) is 19.1. The molecule has 276 valence electrons. The van der Waals surface area contributed by atoms with Gasteiger partial charge < -0.3 is 20.3 Å². The van der Waals surface area contributed by atoms with Gasteiger partial charge in [0.15, 0.2) is 5.82 Å². The zero-order chi connectivity index (χ0) is 37.0. The summed E-state index contributed by atoms with van der Waals surface area (Å²) in [6, 6.07) is 27.4. The molecule has 5 heterocycles. The van der Waals surface area contributed by atoms with Crippen molar-refractivity contribution in [3.8, 4) is 28.1 Å². The minimum atomic E-state index is -0.440. The molecule has 11 nitrogen and oxygen atoms in total. The van der Waals surface area contributed by atoms with Crippen LogP contribution in [0.25, 0.3) is 44.3 Å². The molecule has 2 aliphatic heterocycles. The zero-order valence-electron chi connectivity index (χ0n) is 30.5. The number of fused-ring (bicyclic) bond motifs is 3. The number of rotatable bonds is 12. The van der Waals surface area contributed by atoms with Crippen molar-refractivity contribution in [1.82, 2.24) is 34.9 Å². The molecule has 3 aromatic carbocycles. The van der Waals surface area contributed by atoms with Crippen molar-refractivity contribution in [3.63, 3.8) is 0 Å². The molecule has 54 heavy (non-hydrogen) atoms. The third-order valence-electron chi connectivity index (χ3n) is 11.0. The molecule has 0 radical (unpaired) electrons. The molecule has 6 aromatic rings. The molecular weight excluding hydrogens is 677 g/mol. The number of nitrogens with one attached hydrogen (secondary N) is 1. The van der Waals surface area contributed by atoms with E-state index in [1.807, 2.05) is 41.1 Å². The highest BCUT2D eigenvalue weighted by molar-refractivity contribution is 6.10. The van der Waals surface area contributed by atoms with E-state index in [2.05, 4.69) is 67.8 Å². The SMILES string of the molecule is Nc1nnc(-c2ccccc2O)cc1-c1ccc(CN2CCN(CCCCCCc3ccnc4c3c3ccccc3n4C3CCC(=O)NC3=O)CC2)cc1. The number of amides is 2. The second-order valence-corrected chi connectivity index (χ2v) is 14.5. The Morgan fingerprint density at radius 3 is 2.39 bits per heavy atom. The zero-order valence-corrected chi connectivity index (χ0v) is 30.5. The Morgan fingerprint density at radius 2 is 1.57 bits per heavy atom. The number of phenols is 1. The van der Waals surface area contributed by atoms with Crippen LogP contribution >= 0.6 is 0 Å². The summed E-state index contributed by atoms with van der Waals surface area (Å²) in [5.41, 5.74) is 13.5. The molecule has 2 amide bonds. The van der Waals surface area contributed by atoms with Crippen LogP contribution in [-0.2, 0) is 22.6 Å². The molecule has 3 aromatic heterocycles. The normalized spacial score (nSPS) is 17.0. The van der Waals surface area contributed by atoms with Crippen LogP contribution in [0, 0.1) is 0 Å². The van der Waals surface area contributed by atoms with E-state index in [0.29, 0.717) is 29.9 Å². The number of anilines is 1. The maximum absolute atomic E-state index is 12.9. The number of imide groups is 1. The lowest BCUT2D eigenvalue weighted by Gasteiger charge is -2.34. The Morgan fingerprint density at radius 1 is 0.815 bits per heavy atom. The Balaban J connectivity index is 0.796. The first kappa shape index (κ1) is 35.4. The molecule has 4 N–H and O–H groups in total. The lowest BCUT2D eigenvalue weighted by Crippen LogP contribution is -2.46. The summed E-state index contributed by atoms with van der Waals surface area (Å²) in [4.78, 5) is 34.6. The Hall–Kier alpha value is -5.65. The van der Waals surface area contributed by atoms with E-state index < -0.39 is 6.04 Å². The fraction of sp³-hybridized carbons (Fsp3) is 0.326. The van der Waals surface area contributed by atoms with E-state index in [1.165, 1.54) is 30.4 Å². The van der Waals surface area contributed by atoms with E-state index in [0.717, 1.165) is 85.2 Å². The molecule has 2 fully saturated rings. The van der Waals surface area contributed by atoms with Gasteiger partial charge >= 0.3 is 0 Å². The largest absolute Gasteiger partial charge is 0.507 e. The summed E-state index contributed by atoms with van der Waals surface area (Å²) in [6.45, 7) is 6.31. The molecule has 11 heteroatoms. The van der Waals surface area contributed by atoms with Crippen LogP contribution in [0.15, 0.2) is 91.1 Å². The molecule has 0 bridgehead atoms. The van der Waals surface area contributed by atoms with Crippen molar-refractivity contribution in [1.29, 1.82) is 0 Å². The highest BCUT2D eigenvalue weighted by Gasteiger charge is 2.31. The number of piperidine rings is 1. The van der Waals surface area contributed by atoms with Crippen LogP contribution < -0.4 is 11.1 Å². The van der Waals surface area contributed by atoms with Crippen molar-refractivity contribution in [2.75, 3.05) is 38.5 Å². The second kappa shape index (κ2) is 15.8. The topological polar surface area (TPSA) is 142 Å². The first-order chi connectivity index (χ1) is 26.4. The van der Waals surface area contributed by atoms with E-state index >= 15 is 0 Å². The molecule has 0 saturated carbocycles. The van der Waals surface area contributed by atoms with E-state index in [1.54, 1.807) is 12.1 Å². The van der Waals surface area contributed by atoms with Crippen LogP contribution in [0.4, 0.5) is 5.82 Å². The molecule has 1 atom stereocenters. The predicted molar refractivity (Wildman–Crippen MR) is 212 cm³/mol. The van der Waals surface area contributed by atoms with Gasteiger partial charge in [0.05, 0.1) is 11.2 Å².